The Morgan fingerprint density at radius 3 is 2.46 bits per heavy atom. The van der Waals surface area contributed by atoms with Crippen molar-refractivity contribution in [1.82, 2.24) is 5.32 Å². The number of benzene rings is 1. The van der Waals surface area contributed by atoms with Crippen LogP contribution in [0.2, 0.25) is 0 Å². The molecule has 2 aromatic rings. The molecule has 0 fully saturated rings. The van der Waals surface area contributed by atoms with Gasteiger partial charge in [-0.25, -0.2) is 0 Å². The highest BCUT2D eigenvalue weighted by Crippen LogP contribution is 2.28. The van der Waals surface area contributed by atoms with E-state index in [1.807, 2.05) is 36.6 Å². The minimum Gasteiger partial charge on any atom is -0.493 e. The van der Waals surface area contributed by atoms with E-state index in [2.05, 4.69) is 12.2 Å². The zero-order valence-electron chi connectivity index (χ0n) is 15.9. The monoisotopic (exact) mass is 379 g/mol. The van der Waals surface area contributed by atoms with Gasteiger partial charge in [-0.15, -0.1) is 11.3 Å². The van der Waals surface area contributed by atoms with Crippen molar-refractivity contribution >= 4 is 11.3 Å². The second-order valence-electron chi connectivity index (χ2n) is 6.56. The molecule has 0 aliphatic rings. The summed E-state index contributed by atoms with van der Waals surface area (Å²) in [4.78, 5) is 0.876. The maximum Gasteiger partial charge on any atom is 0.160 e. The summed E-state index contributed by atoms with van der Waals surface area (Å²) >= 11 is 1.52. The summed E-state index contributed by atoms with van der Waals surface area (Å²) in [5.41, 5.74) is 2.29. The Morgan fingerprint density at radius 1 is 1.15 bits per heavy atom. The number of aliphatic hydroxyl groups is 2. The number of rotatable bonds is 10. The van der Waals surface area contributed by atoms with Crippen LogP contribution in [0.15, 0.2) is 29.6 Å². The molecule has 3 N–H and O–H groups in total. The average molecular weight is 380 g/mol. The first-order valence-corrected chi connectivity index (χ1v) is 9.67. The lowest BCUT2D eigenvalue weighted by Crippen LogP contribution is -2.43. The highest BCUT2D eigenvalue weighted by molar-refractivity contribution is 7.10. The number of ether oxygens (including phenoxy) is 2. The third kappa shape index (κ3) is 5.45. The quantitative estimate of drug-likeness (QED) is 0.592. The smallest absolute Gasteiger partial charge is 0.160 e. The molecule has 144 valence electrons. The summed E-state index contributed by atoms with van der Waals surface area (Å²) in [6, 6.07) is 7.66. The van der Waals surface area contributed by atoms with E-state index in [-0.39, 0.29) is 18.7 Å². The van der Waals surface area contributed by atoms with Gasteiger partial charge in [0.2, 0.25) is 0 Å². The van der Waals surface area contributed by atoms with Gasteiger partial charge in [-0.05, 0) is 61.4 Å². The third-order valence-electron chi connectivity index (χ3n) is 4.43. The lowest BCUT2D eigenvalue weighted by molar-refractivity contribution is 0.0863. The molecule has 1 aromatic heterocycles. The van der Waals surface area contributed by atoms with Crippen LogP contribution in [-0.4, -0.2) is 43.1 Å². The van der Waals surface area contributed by atoms with Crippen molar-refractivity contribution in [1.29, 1.82) is 0 Å². The predicted molar refractivity (Wildman–Crippen MR) is 105 cm³/mol. The van der Waals surface area contributed by atoms with Gasteiger partial charge in [-0.3, -0.25) is 0 Å². The van der Waals surface area contributed by atoms with E-state index >= 15 is 0 Å². The fourth-order valence-electron chi connectivity index (χ4n) is 2.92. The van der Waals surface area contributed by atoms with E-state index < -0.39 is 6.10 Å². The van der Waals surface area contributed by atoms with Crippen LogP contribution in [0, 0.1) is 6.92 Å². The molecule has 1 unspecified atom stereocenters. The average Bonchev–Trinajstić information content (AvgIpc) is 3.09. The van der Waals surface area contributed by atoms with E-state index in [1.54, 1.807) is 14.2 Å². The molecule has 1 heterocycles. The van der Waals surface area contributed by atoms with Gasteiger partial charge >= 0.3 is 0 Å². The van der Waals surface area contributed by atoms with Crippen LogP contribution in [0.1, 0.15) is 35.5 Å². The van der Waals surface area contributed by atoms with E-state index in [9.17, 15) is 10.2 Å². The van der Waals surface area contributed by atoms with Crippen molar-refractivity contribution in [3.05, 3.63) is 45.6 Å². The topological polar surface area (TPSA) is 71.0 Å². The fourth-order valence-corrected chi connectivity index (χ4v) is 3.87. The van der Waals surface area contributed by atoms with Crippen molar-refractivity contribution in [2.24, 2.45) is 0 Å². The van der Waals surface area contributed by atoms with Crippen molar-refractivity contribution in [3.8, 4) is 11.5 Å². The number of nitrogens with one attached hydrogen (secondary N) is 1. The zero-order chi connectivity index (χ0) is 19.1. The van der Waals surface area contributed by atoms with Gasteiger partial charge in [0.25, 0.3) is 0 Å². The Kier molecular flexibility index (Phi) is 7.90. The molecule has 0 aliphatic carbocycles. The zero-order valence-corrected chi connectivity index (χ0v) is 16.7. The Labute approximate surface area is 159 Å². The maximum absolute atomic E-state index is 10.5. The van der Waals surface area contributed by atoms with Crippen molar-refractivity contribution in [2.75, 3.05) is 20.8 Å². The molecule has 3 atom stereocenters. The summed E-state index contributed by atoms with van der Waals surface area (Å²) in [5, 5.41) is 25.5. The number of aliphatic hydroxyl groups excluding tert-OH is 2. The third-order valence-corrected chi connectivity index (χ3v) is 5.55. The van der Waals surface area contributed by atoms with Crippen molar-refractivity contribution in [3.63, 3.8) is 0 Å². The van der Waals surface area contributed by atoms with Gasteiger partial charge in [0.1, 0.15) is 6.10 Å². The number of thiophene rings is 1. The van der Waals surface area contributed by atoms with Gasteiger partial charge in [0.05, 0.1) is 26.9 Å². The van der Waals surface area contributed by atoms with E-state index in [0.29, 0.717) is 0 Å². The lowest BCUT2D eigenvalue weighted by Gasteiger charge is -2.25. The standard InChI is InChI=1S/C20H29NO4S/c1-13-9-19(26-12-13)20(23)16(11-22)21-14(2)5-6-15-7-8-17(24-3)18(10-15)25-4/h7-10,12,14,16,20-23H,5-6,11H2,1-4H3/t14?,16-,20-/m0/s1. The molecule has 6 heteroatoms. The van der Waals surface area contributed by atoms with E-state index in [0.717, 1.165) is 40.3 Å². The molecule has 0 aliphatic heterocycles. The summed E-state index contributed by atoms with van der Waals surface area (Å²) in [5.74, 6) is 1.44. The lowest BCUT2D eigenvalue weighted by atomic mass is 10.0. The first kappa shape index (κ1) is 20.7. The number of hydrogen-bond acceptors (Lipinski definition) is 6. The second kappa shape index (κ2) is 9.92. The summed E-state index contributed by atoms with van der Waals surface area (Å²) in [6.45, 7) is 3.95. The summed E-state index contributed by atoms with van der Waals surface area (Å²) in [7, 11) is 3.25. The number of methoxy groups -OCH3 is 2. The SMILES string of the molecule is COc1ccc(CCC(C)N[C@@H](CO)[C@H](O)c2cc(C)cs2)cc1OC. The Morgan fingerprint density at radius 2 is 1.88 bits per heavy atom. The molecule has 0 spiro atoms. The number of aryl methyl sites for hydroxylation is 2. The minimum atomic E-state index is -0.706. The normalized spacial score (nSPS) is 14.7. The van der Waals surface area contributed by atoms with Crippen LogP contribution in [0.5, 0.6) is 11.5 Å². The summed E-state index contributed by atoms with van der Waals surface area (Å²) < 4.78 is 10.6. The second-order valence-corrected chi connectivity index (χ2v) is 7.50. The predicted octanol–water partition coefficient (Wildman–Crippen LogP) is 3.08. The maximum atomic E-state index is 10.5. The first-order chi connectivity index (χ1) is 12.5. The highest BCUT2D eigenvalue weighted by Gasteiger charge is 2.23. The molecular formula is C20H29NO4S. The number of hydrogen-bond donors (Lipinski definition) is 3. The first-order valence-electron chi connectivity index (χ1n) is 8.79. The molecule has 0 radical (unpaired) electrons. The molecule has 0 bridgehead atoms. The van der Waals surface area contributed by atoms with Gasteiger partial charge < -0.3 is 25.0 Å². The van der Waals surface area contributed by atoms with Gasteiger partial charge in [-0.2, -0.15) is 0 Å². The van der Waals surface area contributed by atoms with Crippen LogP contribution in [0.3, 0.4) is 0 Å². The summed E-state index contributed by atoms with van der Waals surface area (Å²) in [6.07, 6.45) is 1.03. The largest absolute Gasteiger partial charge is 0.493 e. The van der Waals surface area contributed by atoms with Crippen molar-refractivity contribution < 1.29 is 19.7 Å². The van der Waals surface area contributed by atoms with Crippen LogP contribution < -0.4 is 14.8 Å². The van der Waals surface area contributed by atoms with E-state index in [1.165, 1.54) is 11.3 Å². The highest BCUT2D eigenvalue weighted by atomic mass is 32.1. The van der Waals surface area contributed by atoms with Gasteiger partial charge in [0, 0.05) is 10.9 Å². The van der Waals surface area contributed by atoms with E-state index in [4.69, 9.17) is 9.47 Å². The van der Waals surface area contributed by atoms with Crippen LogP contribution in [0.25, 0.3) is 0 Å². The minimum absolute atomic E-state index is 0.112. The molecule has 1 aromatic carbocycles. The molecule has 26 heavy (non-hydrogen) atoms. The Hall–Kier alpha value is -1.60. The molecule has 0 saturated carbocycles. The molecule has 2 rings (SSSR count). The fraction of sp³-hybridized carbons (Fsp3) is 0.500. The van der Waals surface area contributed by atoms with Crippen LogP contribution in [0.4, 0.5) is 0 Å². The molecule has 0 saturated heterocycles. The van der Waals surface area contributed by atoms with Crippen LogP contribution >= 0.6 is 11.3 Å². The van der Waals surface area contributed by atoms with Crippen molar-refractivity contribution in [2.45, 2.75) is 44.9 Å². The van der Waals surface area contributed by atoms with Gasteiger partial charge in [-0.1, -0.05) is 6.07 Å². The molecule has 0 amide bonds. The van der Waals surface area contributed by atoms with Gasteiger partial charge in [0.15, 0.2) is 11.5 Å². The molecular weight excluding hydrogens is 350 g/mol. The Bertz CT molecular complexity index is 688. The Balaban J connectivity index is 1.91. The molecule has 5 nitrogen and oxygen atoms in total. The van der Waals surface area contributed by atoms with Crippen LogP contribution in [-0.2, 0) is 6.42 Å².